The zero-order valence-corrected chi connectivity index (χ0v) is 13.9. The first kappa shape index (κ1) is 17.5. The number of carbonyl (C=O) groups excluding carboxylic acids is 1. The van der Waals surface area contributed by atoms with Gasteiger partial charge in [-0.15, -0.1) is 0 Å². The highest BCUT2D eigenvalue weighted by molar-refractivity contribution is 5.94. The van der Waals surface area contributed by atoms with E-state index in [-0.39, 0.29) is 18.3 Å². The van der Waals surface area contributed by atoms with Gasteiger partial charge in [0, 0.05) is 24.8 Å². The molecule has 1 aromatic carbocycles. The summed E-state index contributed by atoms with van der Waals surface area (Å²) in [6, 6.07) is 9.52. The molecule has 2 N–H and O–H groups in total. The minimum atomic E-state index is -1.10. The van der Waals surface area contributed by atoms with Crippen molar-refractivity contribution in [3.8, 4) is 11.3 Å². The van der Waals surface area contributed by atoms with Crippen molar-refractivity contribution in [2.24, 2.45) is 0 Å². The van der Waals surface area contributed by atoms with E-state index < -0.39 is 5.60 Å². The molecule has 0 bridgehead atoms. The van der Waals surface area contributed by atoms with Crippen LogP contribution in [0.4, 0.5) is 4.39 Å². The Morgan fingerprint density at radius 2 is 2.08 bits per heavy atom. The Labute approximate surface area is 145 Å². The fraction of sp³-hybridized carbons (Fsp3) is 0.368. The van der Waals surface area contributed by atoms with Crippen molar-refractivity contribution < 1.29 is 19.4 Å². The van der Waals surface area contributed by atoms with E-state index in [9.17, 15) is 19.4 Å². The van der Waals surface area contributed by atoms with E-state index in [0.29, 0.717) is 49.2 Å². The van der Waals surface area contributed by atoms with Gasteiger partial charge in [0.2, 0.25) is 0 Å². The van der Waals surface area contributed by atoms with Gasteiger partial charge in [0.25, 0.3) is 5.91 Å². The van der Waals surface area contributed by atoms with Crippen LogP contribution in [0.1, 0.15) is 29.6 Å². The van der Waals surface area contributed by atoms with Crippen molar-refractivity contribution >= 4 is 5.91 Å². The molecule has 0 aliphatic carbocycles. The molecule has 1 amide bonds. The molecule has 1 aliphatic heterocycles. The highest BCUT2D eigenvalue weighted by Crippen LogP contribution is 2.23. The number of hydrogen-bond acceptors (Lipinski definition) is 4. The van der Waals surface area contributed by atoms with E-state index in [4.69, 9.17) is 0 Å². The minimum absolute atomic E-state index is 0.152. The highest BCUT2D eigenvalue weighted by Gasteiger charge is 2.31. The summed E-state index contributed by atoms with van der Waals surface area (Å²) >= 11 is 0. The molecule has 0 spiro atoms. The minimum Gasteiger partial charge on any atom is -0.393 e. The first-order valence-electron chi connectivity index (χ1n) is 8.35. The third-order valence-corrected chi connectivity index (χ3v) is 4.63. The van der Waals surface area contributed by atoms with E-state index >= 15 is 0 Å². The van der Waals surface area contributed by atoms with Gasteiger partial charge in [-0.05, 0) is 43.5 Å². The summed E-state index contributed by atoms with van der Waals surface area (Å²) in [6.45, 7) is 0.632. The molecule has 1 aromatic heterocycles. The standard InChI is InChI=1S/C19H21FN2O3/c20-16-4-1-3-14(11-16)17-6-5-15(12-21-17)18(24)22-9-2-7-19(25,13-23)8-10-22/h1,3-6,11-12,23,25H,2,7-10,13H2/t19-/m1/s1. The lowest BCUT2D eigenvalue weighted by molar-refractivity contribution is -0.0250. The number of amides is 1. The lowest BCUT2D eigenvalue weighted by Crippen LogP contribution is -2.36. The average Bonchev–Trinajstić information content (AvgIpc) is 2.84. The van der Waals surface area contributed by atoms with Crippen molar-refractivity contribution in [2.45, 2.75) is 24.9 Å². The van der Waals surface area contributed by atoms with E-state index in [1.807, 2.05) is 0 Å². The normalized spacial score (nSPS) is 21.0. The van der Waals surface area contributed by atoms with Crippen molar-refractivity contribution in [3.63, 3.8) is 0 Å². The van der Waals surface area contributed by atoms with Crippen LogP contribution < -0.4 is 0 Å². The van der Waals surface area contributed by atoms with Gasteiger partial charge in [-0.1, -0.05) is 12.1 Å². The molecule has 5 nitrogen and oxygen atoms in total. The number of likely N-dealkylation sites (tertiary alicyclic amines) is 1. The molecule has 0 unspecified atom stereocenters. The number of aliphatic hydroxyl groups is 2. The fourth-order valence-corrected chi connectivity index (χ4v) is 3.06. The predicted octanol–water partition coefficient (Wildman–Crippen LogP) is 2.24. The first-order valence-corrected chi connectivity index (χ1v) is 8.35. The Bertz CT molecular complexity index is 751. The Morgan fingerprint density at radius 1 is 1.24 bits per heavy atom. The molecular formula is C19H21FN2O3. The SMILES string of the molecule is O=C(c1ccc(-c2cccc(F)c2)nc1)N1CCC[C@](O)(CO)CC1. The summed E-state index contributed by atoms with van der Waals surface area (Å²) in [6.07, 6.45) is 2.96. The zero-order chi connectivity index (χ0) is 17.9. The first-order chi connectivity index (χ1) is 12.0. The third kappa shape index (κ3) is 4.03. The maximum atomic E-state index is 13.3. The fourth-order valence-electron chi connectivity index (χ4n) is 3.06. The number of aromatic nitrogens is 1. The highest BCUT2D eigenvalue weighted by atomic mass is 19.1. The van der Waals surface area contributed by atoms with Crippen LogP contribution in [-0.2, 0) is 0 Å². The van der Waals surface area contributed by atoms with Crippen LogP contribution in [0.25, 0.3) is 11.3 Å². The predicted molar refractivity (Wildman–Crippen MR) is 91.4 cm³/mol. The molecule has 0 radical (unpaired) electrons. The number of benzene rings is 1. The van der Waals surface area contributed by atoms with Crippen LogP contribution in [0.5, 0.6) is 0 Å². The van der Waals surface area contributed by atoms with Crippen LogP contribution in [0, 0.1) is 5.82 Å². The second-order valence-electron chi connectivity index (χ2n) is 6.47. The molecule has 132 valence electrons. The summed E-state index contributed by atoms with van der Waals surface area (Å²) in [7, 11) is 0. The number of nitrogens with zero attached hydrogens (tertiary/aromatic N) is 2. The Balaban J connectivity index is 1.72. The van der Waals surface area contributed by atoms with Gasteiger partial charge in [-0.3, -0.25) is 9.78 Å². The smallest absolute Gasteiger partial charge is 0.255 e. The molecule has 1 aliphatic rings. The monoisotopic (exact) mass is 344 g/mol. The number of aliphatic hydroxyl groups excluding tert-OH is 1. The molecule has 2 aromatic rings. The molecule has 1 fully saturated rings. The summed E-state index contributed by atoms with van der Waals surface area (Å²) in [4.78, 5) is 18.6. The van der Waals surface area contributed by atoms with Crippen LogP contribution >= 0.6 is 0 Å². The third-order valence-electron chi connectivity index (χ3n) is 4.63. The van der Waals surface area contributed by atoms with Crippen molar-refractivity contribution in [3.05, 3.63) is 54.0 Å². The quantitative estimate of drug-likeness (QED) is 0.896. The maximum absolute atomic E-state index is 13.3. The van der Waals surface area contributed by atoms with Gasteiger partial charge in [0.05, 0.1) is 23.5 Å². The van der Waals surface area contributed by atoms with Gasteiger partial charge < -0.3 is 15.1 Å². The van der Waals surface area contributed by atoms with Crippen molar-refractivity contribution in [2.75, 3.05) is 19.7 Å². The van der Waals surface area contributed by atoms with Crippen LogP contribution in [-0.4, -0.2) is 51.3 Å². The van der Waals surface area contributed by atoms with Gasteiger partial charge in [0.1, 0.15) is 5.82 Å². The van der Waals surface area contributed by atoms with Crippen LogP contribution in [0.2, 0.25) is 0 Å². The van der Waals surface area contributed by atoms with Crippen molar-refractivity contribution in [1.29, 1.82) is 0 Å². The second-order valence-corrected chi connectivity index (χ2v) is 6.47. The molecule has 3 rings (SSSR count). The number of halogens is 1. The number of pyridine rings is 1. The van der Waals surface area contributed by atoms with Gasteiger partial charge >= 0.3 is 0 Å². The van der Waals surface area contributed by atoms with Gasteiger partial charge in [-0.2, -0.15) is 0 Å². The average molecular weight is 344 g/mol. The summed E-state index contributed by atoms with van der Waals surface area (Å²) in [5, 5.41) is 19.5. The number of rotatable bonds is 3. The van der Waals surface area contributed by atoms with E-state index in [2.05, 4.69) is 4.98 Å². The summed E-state index contributed by atoms with van der Waals surface area (Å²) < 4.78 is 13.3. The molecule has 2 heterocycles. The molecule has 25 heavy (non-hydrogen) atoms. The number of carbonyl (C=O) groups is 1. The van der Waals surface area contributed by atoms with Crippen LogP contribution in [0.15, 0.2) is 42.6 Å². The Morgan fingerprint density at radius 3 is 2.76 bits per heavy atom. The lowest BCUT2D eigenvalue weighted by Gasteiger charge is -2.24. The largest absolute Gasteiger partial charge is 0.393 e. The topological polar surface area (TPSA) is 73.7 Å². The van der Waals surface area contributed by atoms with Gasteiger partial charge in [0.15, 0.2) is 0 Å². The summed E-state index contributed by atoms with van der Waals surface area (Å²) in [5.41, 5.74) is 0.604. The molecule has 6 heteroatoms. The number of hydrogen-bond donors (Lipinski definition) is 2. The van der Waals surface area contributed by atoms with Crippen molar-refractivity contribution in [1.82, 2.24) is 9.88 Å². The van der Waals surface area contributed by atoms with E-state index in [0.717, 1.165) is 0 Å². The van der Waals surface area contributed by atoms with Crippen LogP contribution in [0.3, 0.4) is 0 Å². The Kier molecular flexibility index (Phi) is 5.11. The Hall–Kier alpha value is -2.31. The van der Waals surface area contributed by atoms with Gasteiger partial charge in [-0.25, -0.2) is 4.39 Å². The van der Waals surface area contributed by atoms with E-state index in [1.165, 1.54) is 18.3 Å². The maximum Gasteiger partial charge on any atom is 0.255 e. The van der Waals surface area contributed by atoms with E-state index in [1.54, 1.807) is 29.2 Å². The lowest BCUT2D eigenvalue weighted by atomic mass is 9.96. The molecule has 0 saturated carbocycles. The molecular weight excluding hydrogens is 323 g/mol. The molecule has 1 atom stereocenters. The summed E-state index contributed by atoms with van der Waals surface area (Å²) in [5.74, 6) is -0.485. The second kappa shape index (κ2) is 7.29. The zero-order valence-electron chi connectivity index (χ0n) is 13.9. The molecule has 1 saturated heterocycles.